The molecule has 0 spiro atoms. The number of nitrogens with zero attached hydrogens (tertiary/aromatic N) is 3. The summed E-state index contributed by atoms with van der Waals surface area (Å²) in [6.07, 6.45) is 4.37. The predicted octanol–water partition coefficient (Wildman–Crippen LogP) is 1.82. The second-order valence-electron chi connectivity index (χ2n) is 4.88. The van der Waals surface area contributed by atoms with Crippen LogP contribution >= 0.6 is 0 Å². The van der Waals surface area contributed by atoms with Crippen LogP contribution in [0.25, 0.3) is 0 Å². The molecule has 1 fully saturated rings. The van der Waals surface area contributed by atoms with E-state index in [0.717, 1.165) is 0 Å². The zero-order chi connectivity index (χ0) is 12.3. The SMILES string of the molecule is CCN1CCC(n2nccc2C(C)NC)CC1. The maximum Gasteiger partial charge on any atom is 0.0553 e. The lowest BCUT2D eigenvalue weighted by Gasteiger charge is -2.32. The van der Waals surface area contributed by atoms with Crippen LogP contribution in [0.1, 0.15) is 44.5 Å². The van der Waals surface area contributed by atoms with Gasteiger partial charge >= 0.3 is 0 Å². The Labute approximate surface area is 104 Å². The lowest BCUT2D eigenvalue weighted by molar-refractivity contribution is 0.184. The summed E-state index contributed by atoms with van der Waals surface area (Å²) >= 11 is 0. The zero-order valence-electron chi connectivity index (χ0n) is 11.2. The standard InChI is InChI=1S/C13H24N4/c1-4-16-9-6-12(7-10-16)17-13(5-8-15-17)11(2)14-3/h5,8,11-12,14H,4,6-7,9-10H2,1-3H3. The van der Waals surface area contributed by atoms with E-state index in [9.17, 15) is 0 Å². The molecule has 1 N–H and O–H groups in total. The van der Waals surface area contributed by atoms with Gasteiger partial charge in [-0.1, -0.05) is 6.92 Å². The monoisotopic (exact) mass is 236 g/mol. The molecular weight excluding hydrogens is 212 g/mol. The van der Waals surface area contributed by atoms with Crippen molar-refractivity contribution in [3.05, 3.63) is 18.0 Å². The van der Waals surface area contributed by atoms with Crippen LogP contribution in [0.15, 0.2) is 12.3 Å². The van der Waals surface area contributed by atoms with E-state index in [1.54, 1.807) is 0 Å². The van der Waals surface area contributed by atoms with E-state index in [4.69, 9.17) is 0 Å². The minimum absolute atomic E-state index is 0.377. The molecule has 2 rings (SSSR count). The van der Waals surface area contributed by atoms with E-state index in [-0.39, 0.29) is 0 Å². The molecule has 1 aliphatic rings. The van der Waals surface area contributed by atoms with Crippen LogP contribution in [-0.2, 0) is 0 Å². The molecule has 0 saturated carbocycles. The zero-order valence-corrected chi connectivity index (χ0v) is 11.2. The predicted molar refractivity (Wildman–Crippen MR) is 70.1 cm³/mol. The van der Waals surface area contributed by atoms with Crippen molar-refractivity contribution in [2.24, 2.45) is 0 Å². The number of aromatic nitrogens is 2. The Bertz CT molecular complexity index is 339. The third-order valence-corrected chi connectivity index (χ3v) is 3.93. The lowest BCUT2D eigenvalue weighted by atomic mass is 10.0. The number of likely N-dealkylation sites (tertiary alicyclic amines) is 1. The molecule has 1 aliphatic heterocycles. The van der Waals surface area contributed by atoms with E-state index < -0.39 is 0 Å². The number of rotatable bonds is 4. The van der Waals surface area contributed by atoms with Gasteiger partial charge in [-0.15, -0.1) is 0 Å². The smallest absolute Gasteiger partial charge is 0.0553 e. The van der Waals surface area contributed by atoms with E-state index in [2.05, 4.69) is 39.9 Å². The minimum Gasteiger partial charge on any atom is -0.312 e. The van der Waals surface area contributed by atoms with Crippen molar-refractivity contribution in [2.75, 3.05) is 26.7 Å². The molecule has 4 heteroatoms. The van der Waals surface area contributed by atoms with Crippen molar-refractivity contribution >= 4 is 0 Å². The Hall–Kier alpha value is -0.870. The van der Waals surface area contributed by atoms with Crippen LogP contribution in [0.2, 0.25) is 0 Å². The van der Waals surface area contributed by atoms with Crippen molar-refractivity contribution in [3.63, 3.8) is 0 Å². The lowest BCUT2D eigenvalue weighted by Crippen LogP contribution is -2.35. The third kappa shape index (κ3) is 2.69. The fourth-order valence-electron chi connectivity index (χ4n) is 2.60. The Morgan fingerprint density at radius 3 is 2.76 bits per heavy atom. The van der Waals surface area contributed by atoms with Crippen molar-refractivity contribution in [1.82, 2.24) is 20.0 Å². The number of nitrogens with one attached hydrogen (secondary N) is 1. The molecule has 0 bridgehead atoms. The molecule has 0 amide bonds. The van der Waals surface area contributed by atoms with Crippen LogP contribution in [0, 0.1) is 0 Å². The molecule has 17 heavy (non-hydrogen) atoms. The molecule has 2 heterocycles. The second-order valence-corrected chi connectivity index (χ2v) is 4.88. The van der Waals surface area contributed by atoms with Crippen molar-refractivity contribution in [2.45, 2.75) is 38.8 Å². The van der Waals surface area contributed by atoms with Gasteiger partial charge in [-0.25, -0.2) is 0 Å². The molecule has 1 atom stereocenters. The molecule has 96 valence electrons. The Balaban J connectivity index is 2.05. The fourth-order valence-corrected chi connectivity index (χ4v) is 2.60. The van der Waals surface area contributed by atoms with Crippen molar-refractivity contribution < 1.29 is 0 Å². The molecule has 0 radical (unpaired) electrons. The Kier molecular flexibility index (Phi) is 4.18. The van der Waals surface area contributed by atoms with E-state index in [1.165, 1.54) is 38.2 Å². The van der Waals surface area contributed by atoms with Gasteiger partial charge in [-0.2, -0.15) is 5.10 Å². The highest BCUT2D eigenvalue weighted by molar-refractivity contribution is 5.07. The van der Waals surface area contributed by atoms with Crippen molar-refractivity contribution in [3.8, 4) is 0 Å². The first kappa shape index (κ1) is 12.6. The van der Waals surface area contributed by atoms with Crippen LogP contribution in [0.3, 0.4) is 0 Å². The van der Waals surface area contributed by atoms with Gasteiger partial charge in [0.15, 0.2) is 0 Å². The Morgan fingerprint density at radius 2 is 2.18 bits per heavy atom. The second kappa shape index (κ2) is 5.65. The first-order valence-corrected chi connectivity index (χ1v) is 6.69. The molecule has 0 aromatic carbocycles. The summed E-state index contributed by atoms with van der Waals surface area (Å²) in [5.74, 6) is 0. The summed E-state index contributed by atoms with van der Waals surface area (Å²) in [7, 11) is 2.00. The van der Waals surface area contributed by atoms with E-state index in [1.807, 2.05) is 13.2 Å². The largest absolute Gasteiger partial charge is 0.312 e. The minimum atomic E-state index is 0.377. The summed E-state index contributed by atoms with van der Waals surface area (Å²) in [5, 5.41) is 7.81. The first-order valence-electron chi connectivity index (χ1n) is 6.69. The van der Waals surface area contributed by atoms with E-state index in [0.29, 0.717) is 12.1 Å². The summed E-state index contributed by atoms with van der Waals surface area (Å²) in [5.41, 5.74) is 1.31. The average molecular weight is 236 g/mol. The molecule has 4 nitrogen and oxygen atoms in total. The van der Waals surface area contributed by atoms with E-state index >= 15 is 0 Å². The maximum absolute atomic E-state index is 4.52. The summed E-state index contributed by atoms with van der Waals surface area (Å²) in [6.45, 7) is 8.01. The Morgan fingerprint density at radius 1 is 1.47 bits per heavy atom. The van der Waals surface area contributed by atoms with Gasteiger partial charge in [0.05, 0.1) is 11.7 Å². The average Bonchev–Trinajstić information content (AvgIpc) is 2.87. The van der Waals surface area contributed by atoms with Crippen LogP contribution < -0.4 is 5.32 Å². The molecule has 1 unspecified atom stereocenters. The molecule has 1 saturated heterocycles. The summed E-state index contributed by atoms with van der Waals surface area (Å²) in [4.78, 5) is 2.52. The van der Waals surface area contributed by atoms with Gasteiger partial charge < -0.3 is 10.2 Å². The van der Waals surface area contributed by atoms with Gasteiger partial charge in [-0.05, 0) is 39.4 Å². The quantitative estimate of drug-likeness (QED) is 0.865. The maximum atomic E-state index is 4.52. The number of hydrogen-bond acceptors (Lipinski definition) is 3. The molecular formula is C13H24N4. The van der Waals surface area contributed by atoms with Gasteiger partial charge in [0.1, 0.15) is 0 Å². The van der Waals surface area contributed by atoms with Crippen LogP contribution in [-0.4, -0.2) is 41.4 Å². The highest BCUT2D eigenvalue weighted by Crippen LogP contribution is 2.25. The summed E-state index contributed by atoms with van der Waals surface area (Å²) in [6, 6.07) is 3.09. The fraction of sp³-hybridized carbons (Fsp3) is 0.769. The van der Waals surface area contributed by atoms with Crippen molar-refractivity contribution in [1.29, 1.82) is 0 Å². The first-order chi connectivity index (χ1) is 8.26. The van der Waals surface area contributed by atoms with Gasteiger partial charge in [0, 0.05) is 25.3 Å². The number of piperidine rings is 1. The van der Waals surface area contributed by atoms with Gasteiger partial charge in [-0.3, -0.25) is 4.68 Å². The molecule has 1 aromatic rings. The third-order valence-electron chi connectivity index (χ3n) is 3.93. The van der Waals surface area contributed by atoms with Gasteiger partial charge in [0.2, 0.25) is 0 Å². The topological polar surface area (TPSA) is 33.1 Å². The van der Waals surface area contributed by atoms with Crippen LogP contribution in [0.4, 0.5) is 0 Å². The van der Waals surface area contributed by atoms with Gasteiger partial charge in [0.25, 0.3) is 0 Å². The highest BCUT2D eigenvalue weighted by Gasteiger charge is 2.22. The molecule has 0 aliphatic carbocycles. The van der Waals surface area contributed by atoms with Crippen LogP contribution in [0.5, 0.6) is 0 Å². The summed E-state index contributed by atoms with van der Waals surface area (Å²) < 4.78 is 2.23. The molecule has 1 aromatic heterocycles. The number of hydrogen-bond donors (Lipinski definition) is 1. The highest BCUT2D eigenvalue weighted by atomic mass is 15.3. The normalized spacial score (nSPS) is 20.6.